The topological polar surface area (TPSA) is 128 Å². The number of anilines is 1. The standard InChI is InChI=1S/C25H21N3O7/c1-33-22-7-3-2-6-20(22)26-24(29)16-27(15-19-5-4-14-34-19)25(30)23-13-12-21(35-23)17-8-10-18(11-9-17)28(31)32/h2-14H,15-16H2,1H3,(H,26,29). The fourth-order valence-corrected chi connectivity index (χ4v) is 3.41. The van der Waals surface area contributed by atoms with Crippen molar-refractivity contribution in [2.75, 3.05) is 19.0 Å². The predicted molar refractivity (Wildman–Crippen MR) is 126 cm³/mol. The van der Waals surface area contributed by atoms with Crippen molar-refractivity contribution >= 4 is 23.2 Å². The number of nitrogens with one attached hydrogen (secondary N) is 1. The van der Waals surface area contributed by atoms with E-state index >= 15 is 0 Å². The Bertz CT molecular complexity index is 1330. The molecule has 1 N–H and O–H groups in total. The minimum Gasteiger partial charge on any atom is -0.495 e. The number of ether oxygens (including phenoxy) is 1. The molecule has 4 aromatic rings. The monoisotopic (exact) mass is 475 g/mol. The van der Waals surface area contributed by atoms with E-state index in [0.29, 0.717) is 28.5 Å². The number of nitro benzene ring substituents is 1. The van der Waals surface area contributed by atoms with Crippen molar-refractivity contribution in [2.45, 2.75) is 6.54 Å². The zero-order valence-corrected chi connectivity index (χ0v) is 18.7. The number of para-hydroxylation sites is 2. The number of rotatable bonds is 9. The Morgan fingerprint density at radius 1 is 1.03 bits per heavy atom. The van der Waals surface area contributed by atoms with E-state index in [1.165, 1.54) is 48.6 Å². The van der Waals surface area contributed by atoms with E-state index in [-0.39, 0.29) is 24.5 Å². The van der Waals surface area contributed by atoms with Gasteiger partial charge >= 0.3 is 0 Å². The number of carbonyl (C=O) groups excluding carboxylic acids is 2. The highest BCUT2D eigenvalue weighted by Gasteiger charge is 2.24. The second kappa shape index (κ2) is 10.4. The molecular weight excluding hydrogens is 454 g/mol. The average molecular weight is 475 g/mol. The van der Waals surface area contributed by atoms with Gasteiger partial charge in [0.2, 0.25) is 5.91 Å². The first-order valence-corrected chi connectivity index (χ1v) is 10.5. The third-order valence-electron chi connectivity index (χ3n) is 5.11. The molecule has 0 aliphatic heterocycles. The van der Waals surface area contributed by atoms with Crippen molar-refractivity contribution in [3.05, 3.63) is 101 Å². The molecule has 0 aliphatic carbocycles. The number of amides is 2. The van der Waals surface area contributed by atoms with Gasteiger partial charge in [-0.1, -0.05) is 12.1 Å². The van der Waals surface area contributed by atoms with Crippen LogP contribution in [0.1, 0.15) is 16.3 Å². The fourth-order valence-electron chi connectivity index (χ4n) is 3.41. The van der Waals surface area contributed by atoms with Gasteiger partial charge in [0.05, 0.1) is 30.5 Å². The van der Waals surface area contributed by atoms with E-state index in [0.717, 1.165) is 0 Å². The number of non-ortho nitro benzene ring substituents is 1. The van der Waals surface area contributed by atoms with Gasteiger partial charge in [-0.25, -0.2) is 0 Å². The minimum absolute atomic E-state index is 0.00926. The van der Waals surface area contributed by atoms with Crippen LogP contribution in [0.2, 0.25) is 0 Å². The molecule has 4 rings (SSSR count). The average Bonchev–Trinajstić information content (AvgIpc) is 3.56. The molecule has 2 aromatic carbocycles. The number of hydrogen-bond donors (Lipinski definition) is 1. The summed E-state index contributed by atoms with van der Waals surface area (Å²) in [5.41, 5.74) is 0.993. The van der Waals surface area contributed by atoms with E-state index in [9.17, 15) is 19.7 Å². The summed E-state index contributed by atoms with van der Waals surface area (Å²) in [6.07, 6.45) is 1.48. The van der Waals surface area contributed by atoms with Gasteiger partial charge in [0.1, 0.15) is 23.8 Å². The van der Waals surface area contributed by atoms with Crippen molar-refractivity contribution < 1.29 is 28.1 Å². The molecule has 0 atom stereocenters. The zero-order valence-electron chi connectivity index (χ0n) is 18.7. The van der Waals surface area contributed by atoms with E-state index in [1.807, 2.05) is 0 Å². The minimum atomic E-state index is -0.523. The molecule has 2 heterocycles. The highest BCUT2D eigenvalue weighted by atomic mass is 16.6. The van der Waals surface area contributed by atoms with Crippen LogP contribution in [0.3, 0.4) is 0 Å². The van der Waals surface area contributed by atoms with Crippen LogP contribution in [-0.4, -0.2) is 35.3 Å². The van der Waals surface area contributed by atoms with Crippen LogP contribution in [0, 0.1) is 10.1 Å². The molecule has 2 amide bonds. The maximum absolute atomic E-state index is 13.3. The Labute approximate surface area is 199 Å². The lowest BCUT2D eigenvalue weighted by atomic mass is 10.1. The molecule has 2 aromatic heterocycles. The third kappa shape index (κ3) is 5.56. The summed E-state index contributed by atoms with van der Waals surface area (Å²) < 4.78 is 16.3. The molecule has 35 heavy (non-hydrogen) atoms. The Morgan fingerprint density at radius 2 is 1.80 bits per heavy atom. The summed E-state index contributed by atoms with van der Waals surface area (Å²) >= 11 is 0. The van der Waals surface area contributed by atoms with Gasteiger partial charge in [-0.05, 0) is 48.5 Å². The summed E-state index contributed by atoms with van der Waals surface area (Å²) in [5.74, 6) is 0.394. The van der Waals surface area contributed by atoms with Crippen LogP contribution < -0.4 is 10.1 Å². The van der Waals surface area contributed by atoms with Gasteiger partial charge in [0.15, 0.2) is 5.76 Å². The number of nitrogens with zero attached hydrogens (tertiary/aromatic N) is 2. The van der Waals surface area contributed by atoms with E-state index in [1.54, 1.807) is 42.5 Å². The molecule has 0 unspecified atom stereocenters. The van der Waals surface area contributed by atoms with Crippen molar-refractivity contribution in [3.8, 4) is 17.1 Å². The number of furan rings is 2. The molecule has 0 fully saturated rings. The molecule has 0 bridgehead atoms. The van der Waals surface area contributed by atoms with Crippen molar-refractivity contribution in [1.29, 1.82) is 0 Å². The van der Waals surface area contributed by atoms with Gasteiger partial charge < -0.3 is 23.8 Å². The number of nitro groups is 1. The molecule has 0 saturated carbocycles. The van der Waals surface area contributed by atoms with Gasteiger partial charge in [-0.2, -0.15) is 0 Å². The highest BCUT2D eigenvalue weighted by molar-refractivity contribution is 5.99. The second-order valence-corrected chi connectivity index (χ2v) is 7.46. The lowest BCUT2D eigenvalue weighted by Crippen LogP contribution is -2.37. The van der Waals surface area contributed by atoms with Crippen LogP contribution in [-0.2, 0) is 11.3 Å². The predicted octanol–water partition coefficient (Wildman–Crippen LogP) is 4.74. The van der Waals surface area contributed by atoms with Crippen molar-refractivity contribution in [1.82, 2.24) is 4.90 Å². The summed E-state index contributed by atoms with van der Waals surface area (Å²) in [6.45, 7) is -0.232. The summed E-state index contributed by atoms with van der Waals surface area (Å²) in [4.78, 5) is 37.7. The molecule has 0 radical (unpaired) electrons. The van der Waals surface area contributed by atoms with Crippen molar-refractivity contribution in [2.24, 2.45) is 0 Å². The largest absolute Gasteiger partial charge is 0.495 e. The smallest absolute Gasteiger partial charge is 0.290 e. The van der Waals surface area contributed by atoms with Gasteiger partial charge in [0.25, 0.3) is 11.6 Å². The van der Waals surface area contributed by atoms with Crippen LogP contribution in [0.25, 0.3) is 11.3 Å². The molecular formula is C25H21N3O7. The summed E-state index contributed by atoms with van der Waals surface area (Å²) in [5, 5.41) is 13.6. The first-order valence-electron chi connectivity index (χ1n) is 10.5. The second-order valence-electron chi connectivity index (χ2n) is 7.46. The van der Waals surface area contributed by atoms with Gasteiger partial charge in [0, 0.05) is 17.7 Å². The Balaban J connectivity index is 1.53. The molecule has 178 valence electrons. The number of benzene rings is 2. The van der Waals surface area contributed by atoms with E-state index in [4.69, 9.17) is 13.6 Å². The lowest BCUT2D eigenvalue weighted by molar-refractivity contribution is -0.384. The van der Waals surface area contributed by atoms with Crippen LogP contribution >= 0.6 is 0 Å². The Hall–Kier alpha value is -4.86. The number of carbonyl (C=O) groups is 2. The number of methoxy groups -OCH3 is 1. The molecule has 0 spiro atoms. The maximum atomic E-state index is 13.3. The molecule has 10 heteroatoms. The van der Waals surface area contributed by atoms with E-state index in [2.05, 4.69) is 5.32 Å². The first kappa shape index (κ1) is 23.3. The normalized spacial score (nSPS) is 10.5. The molecule has 10 nitrogen and oxygen atoms in total. The van der Waals surface area contributed by atoms with Gasteiger partial charge in [-0.15, -0.1) is 0 Å². The first-order chi connectivity index (χ1) is 16.9. The van der Waals surface area contributed by atoms with Crippen LogP contribution in [0.4, 0.5) is 11.4 Å². The quantitative estimate of drug-likeness (QED) is 0.274. The molecule has 0 saturated heterocycles. The fraction of sp³-hybridized carbons (Fsp3) is 0.120. The van der Waals surface area contributed by atoms with Crippen LogP contribution in [0.15, 0.2) is 87.9 Å². The van der Waals surface area contributed by atoms with Gasteiger partial charge in [-0.3, -0.25) is 19.7 Å². The number of hydrogen-bond acceptors (Lipinski definition) is 7. The highest BCUT2D eigenvalue weighted by Crippen LogP contribution is 2.26. The van der Waals surface area contributed by atoms with Crippen molar-refractivity contribution in [3.63, 3.8) is 0 Å². The SMILES string of the molecule is COc1ccccc1NC(=O)CN(Cc1ccco1)C(=O)c1ccc(-c2ccc([N+](=O)[O-])cc2)o1. The summed E-state index contributed by atoms with van der Waals surface area (Å²) in [6, 6.07) is 19.2. The molecule has 0 aliphatic rings. The Morgan fingerprint density at radius 3 is 2.49 bits per heavy atom. The maximum Gasteiger partial charge on any atom is 0.290 e. The zero-order chi connectivity index (χ0) is 24.8. The van der Waals surface area contributed by atoms with E-state index < -0.39 is 16.7 Å². The third-order valence-corrected chi connectivity index (χ3v) is 5.11. The summed E-state index contributed by atoms with van der Waals surface area (Å²) in [7, 11) is 1.50. The van der Waals surface area contributed by atoms with Crippen LogP contribution in [0.5, 0.6) is 5.75 Å². The Kier molecular flexibility index (Phi) is 6.91. The lowest BCUT2D eigenvalue weighted by Gasteiger charge is -2.20.